The van der Waals surface area contributed by atoms with Gasteiger partial charge in [-0.05, 0) is 115 Å². The van der Waals surface area contributed by atoms with Gasteiger partial charge in [-0.25, -0.2) is 4.39 Å². The summed E-state index contributed by atoms with van der Waals surface area (Å²) in [5.74, 6) is 2.59. The van der Waals surface area contributed by atoms with Gasteiger partial charge in [-0.2, -0.15) is 0 Å². The number of phenolic OH excluding ortho intramolecular Hbond substituents is 1. The Morgan fingerprint density at radius 3 is 2.43 bits per heavy atom. The van der Waals surface area contributed by atoms with E-state index in [9.17, 15) is 14.3 Å². The highest BCUT2D eigenvalue weighted by Crippen LogP contribution is 2.47. The van der Waals surface area contributed by atoms with E-state index in [-0.39, 0.29) is 23.8 Å². The lowest BCUT2D eigenvalue weighted by Gasteiger charge is -2.36. The summed E-state index contributed by atoms with van der Waals surface area (Å²) < 4.78 is 20.1. The zero-order valence-electron chi connectivity index (χ0n) is 21.6. The van der Waals surface area contributed by atoms with Gasteiger partial charge in [0.25, 0.3) is 0 Å². The molecule has 5 atom stereocenters. The lowest BCUT2D eigenvalue weighted by Crippen LogP contribution is -2.31. The third kappa shape index (κ3) is 5.74. The van der Waals surface area contributed by atoms with Crippen LogP contribution in [0, 0.1) is 17.7 Å². The smallest absolute Gasteiger partial charge is 0.123 e. The van der Waals surface area contributed by atoms with Crippen molar-refractivity contribution in [2.75, 3.05) is 0 Å². The van der Waals surface area contributed by atoms with Crippen LogP contribution < -0.4 is 4.74 Å². The summed E-state index contributed by atoms with van der Waals surface area (Å²) in [7, 11) is 0. The first-order valence-electron chi connectivity index (χ1n) is 13.8. The molecule has 3 aromatic carbocycles. The monoisotopic (exact) mass is 500 g/mol. The molecule has 194 valence electrons. The minimum atomic E-state index is -0.217. The Balaban J connectivity index is 1.35. The second-order valence-electron chi connectivity index (χ2n) is 10.9. The van der Waals surface area contributed by atoms with Crippen LogP contribution in [0.5, 0.6) is 11.5 Å². The quantitative estimate of drug-likeness (QED) is 0.319. The van der Waals surface area contributed by atoms with Crippen LogP contribution in [0.1, 0.15) is 86.0 Å². The topological polar surface area (TPSA) is 46.5 Å². The van der Waals surface area contributed by atoms with Crippen molar-refractivity contribution < 1.29 is 19.0 Å². The van der Waals surface area contributed by atoms with Crippen LogP contribution in [0.25, 0.3) is 0 Å². The first-order chi connectivity index (χ1) is 18.1. The average molecular weight is 501 g/mol. The molecule has 0 heterocycles. The van der Waals surface area contributed by atoms with E-state index in [0.717, 1.165) is 62.5 Å². The van der Waals surface area contributed by atoms with Gasteiger partial charge in [-0.1, -0.05) is 43.7 Å². The standard InChI is InChI=1S/C33H37FO3/c1-2-22-21-30(16-7-23(22)4-3-19-35)37-29-14-8-25(9-15-29)33-31(24-5-11-27(34)12-6-24)17-10-26-20-28(36)13-18-32(26)33/h5-6,8-9,11-15,18-20,22-23,30-31,33,36H,2-4,7,10,16-17,21H2,1H3. The minimum absolute atomic E-state index is 0.126. The zero-order chi connectivity index (χ0) is 25.8. The van der Waals surface area contributed by atoms with Gasteiger partial charge in [0.15, 0.2) is 0 Å². The van der Waals surface area contributed by atoms with Crippen LogP contribution in [0.4, 0.5) is 4.39 Å². The Kier molecular flexibility index (Phi) is 7.93. The average Bonchev–Trinajstić information content (AvgIpc) is 2.92. The van der Waals surface area contributed by atoms with E-state index in [1.165, 1.54) is 16.7 Å². The number of carbonyl (C=O) groups is 1. The Hall–Kier alpha value is -3.14. The van der Waals surface area contributed by atoms with E-state index in [2.05, 4.69) is 31.2 Å². The van der Waals surface area contributed by atoms with E-state index in [4.69, 9.17) is 4.74 Å². The van der Waals surface area contributed by atoms with Gasteiger partial charge in [-0.3, -0.25) is 0 Å². The number of carbonyl (C=O) groups excluding carboxylic acids is 1. The summed E-state index contributed by atoms with van der Waals surface area (Å²) in [4.78, 5) is 10.8. The highest BCUT2D eigenvalue weighted by atomic mass is 19.1. The second kappa shape index (κ2) is 11.5. The SMILES string of the molecule is CCC1CC(Oc2ccc(C3c4ccc(O)cc4CCC3c3ccc(F)cc3)cc2)CCC1CCC=O. The predicted octanol–water partition coefficient (Wildman–Crippen LogP) is 7.95. The largest absolute Gasteiger partial charge is 0.508 e. The van der Waals surface area contributed by atoms with Crippen molar-refractivity contribution in [3.63, 3.8) is 0 Å². The van der Waals surface area contributed by atoms with Crippen LogP contribution in [0.2, 0.25) is 0 Å². The molecule has 0 spiro atoms. The fourth-order valence-electron chi connectivity index (χ4n) is 6.79. The molecule has 4 heteroatoms. The predicted molar refractivity (Wildman–Crippen MR) is 145 cm³/mol. The van der Waals surface area contributed by atoms with Crippen molar-refractivity contribution in [3.8, 4) is 11.5 Å². The molecule has 0 aromatic heterocycles. The van der Waals surface area contributed by atoms with Gasteiger partial charge in [0, 0.05) is 12.3 Å². The molecule has 0 saturated heterocycles. The molecule has 0 radical (unpaired) electrons. The lowest BCUT2D eigenvalue weighted by molar-refractivity contribution is -0.108. The van der Waals surface area contributed by atoms with Crippen molar-refractivity contribution in [2.24, 2.45) is 11.8 Å². The number of benzene rings is 3. The number of hydrogen-bond donors (Lipinski definition) is 1. The second-order valence-corrected chi connectivity index (χ2v) is 10.9. The summed E-state index contributed by atoms with van der Waals surface area (Å²) in [5.41, 5.74) is 4.76. The summed E-state index contributed by atoms with van der Waals surface area (Å²) in [6.45, 7) is 2.25. The molecule has 2 aliphatic carbocycles. The van der Waals surface area contributed by atoms with E-state index in [1.807, 2.05) is 24.3 Å². The molecule has 0 amide bonds. The molecule has 1 saturated carbocycles. The Bertz CT molecular complexity index is 1190. The highest BCUT2D eigenvalue weighted by Gasteiger charge is 2.33. The number of aryl methyl sites for hydroxylation is 1. The number of aldehydes is 1. The zero-order valence-corrected chi connectivity index (χ0v) is 21.6. The van der Waals surface area contributed by atoms with E-state index >= 15 is 0 Å². The Morgan fingerprint density at radius 2 is 1.70 bits per heavy atom. The molecule has 37 heavy (non-hydrogen) atoms. The first-order valence-corrected chi connectivity index (χ1v) is 13.8. The van der Waals surface area contributed by atoms with Crippen LogP contribution in [-0.4, -0.2) is 17.5 Å². The van der Waals surface area contributed by atoms with Crippen LogP contribution in [0.15, 0.2) is 66.7 Å². The molecule has 1 fully saturated rings. The summed E-state index contributed by atoms with van der Waals surface area (Å²) in [6.07, 6.45) is 9.09. The Labute approximate surface area is 219 Å². The van der Waals surface area contributed by atoms with Crippen molar-refractivity contribution in [1.29, 1.82) is 0 Å². The molecule has 5 rings (SSSR count). The summed E-state index contributed by atoms with van der Waals surface area (Å²) >= 11 is 0. The third-order valence-electron chi connectivity index (χ3n) is 8.70. The fraction of sp³-hybridized carbons (Fsp3) is 0.424. The van der Waals surface area contributed by atoms with Gasteiger partial charge in [0.05, 0.1) is 6.10 Å². The van der Waals surface area contributed by atoms with Crippen LogP contribution >= 0.6 is 0 Å². The maximum atomic E-state index is 13.7. The van der Waals surface area contributed by atoms with Crippen LogP contribution in [-0.2, 0) is 11.2 Å². The van der Waals surface area contributed by atoms with Crippen molar-refractivity contribution >= 4 is 6.29 Å². The summed E-state index contributed by atoms with van der Waals surface area (Å²) in [6, 6.07) is 21.1. The molecular formula is C33H37FO3. The molecule has 0 bridgehead atoms. The number of hydrogen-bond acceptors (Lipinski definition) is 3. The third-order valence-corrected chi connectivity index (χ3v) is 8.70. The summed E-state index contributed by atoms with van der Waals surface area (Å²) in [5, 5.41) is 10.1. The van der Waals surface area contributed by atoms with E-state index < -0.39 is 0 Å². The fourth-order valence-corrected chi connectivity index (χ4v) is 6.79. The molecule has 3 nitrogen and oxygen atoms in total. The number of phenols is 1. The molecule has 5 unspecified atom stereocenters. The normalized spacial score (nSPS) is 25.3. The first kappa shape index (κ1) is 25.5. The van der Waals surface area contributed by atoms with Gasteiger partial charge in [-0.15, -0.1) is 0 Å². The lowest BCUT2D eigenvalue weighted by atomic mass is 9.69. The number of halogens is 1. The molecule has 0 aliphatic heterocycles. The number of ether oxygens (including phenoxy) is 1. The maximum absolute atomic E-state index is 13.7. The number of rotatable bonds is 8. The van der Waals surface area contributed by atoms with Crippen LogP contribution in [0.3, 0.4) is 0 Å². The van der Waals surface area contributed by atoms with E-state index in [1.54, 1.807) is 18.2 Å². The number of fused-ring (bicyclic) bond motifs is 1. The van der Waals surface area contributed by atoms with Gasteiger partial charge in [0.2, 0.25) is 0 Å². The van der Waals surface area contributed by atoms with Gasteiger partial charge >= 0.3 is 0 Å². The van der Waals surface area contributed by atoms with Crippen molar-refractivity contribution in [2.45, 2.75) is 76.2 Å². The molecule has 2 aliphatic rings. The van der Waals surface area contributed by atoms with Gasteiger partial charge in [0.1, 0.15) is 23.6 Å². The maximum Gasteiger partial charge on any atom is 0.123 e. The van der Waals surface area contributed by atoms with E-state index in [0.29, 0.717) is 24.0 Å². The number of aromatic hydroxyl groups is 1. The highest BCUT2D eigenvalue weighted by molar-refractivity contribution is 5.49. The Morgan fingerprint density at radius 1 is 0.946 bits per heavy atom. The minimum Gasteiger partial charge on any atom is -0.508 e. The van der Waals surface area contributed by atoms with Crippen molar-refractivity contribution in [1.82, 2.24) is 0 Å². The molecular weight excluding hydrogens is 463 g/mol. The molecule has 1 N–H and O–H groups in total. The van der Waals surface area contributed by atoms with Crippen molar-refractivity contribution in [3.05, 3.63) is 94.8 Å². The molecule has 3 aromatic rings. The van der Waals surface area contributed by atoms with Gasteiger partial charge < -0.3 is 14.6 Å².